The highest BCUT2D eigenvalue weighted by Crippen LogP contribution is 2.27. The summed E-state index contributed by atoms with van der Waals surface area (Å²) in [7, 11) is -4.52. The van der Waals surface area contributed by atoms with Crippen LogP contribution >= 0.6 is 11.3 Å². The third kappa shape index (κ3) is 2.56. The summed E-state index contributed by atoms with van der Waals surface area (Å²) < 4.78 is 33.4. The van der Waals surface area contributed by atoms with Gasteiger partial charge in [-0.1, -0.05) is 0 Å². The van der Waals surface area contributed by atoms with Gasteiger partial charge in [-0.15, -0.1) is 15.2 Å². The summed E-state index contributed by atoms with van der Waals surface area (Å²) in [5, 5.41) is 2.26. The van der Waals surface area contributed by atoms with Gasteiger partial charge in [0.25, 0.3) is 0 Å². The maximum absolute atomic E-state index is 12.5. The minimum absolute atomic E-state index is 0.0583. The number of hydrogen-bond donors (Lipinski definition) is 0. The molecule has 0 bridgehead atoms. The highest BCUT2D eigenvalue weighted by Gasteiger charge is 2.34. The number of anilines is 1. The molecule has 1 amide bonds. The maximum atomic E-state index is 12.5. The minimum Gasteiger partial charge on any atom is -0.288 e. The van der Waals surface area contributed by atoms with E-state index in [0.717, 1.165) is 0 Å². The van der Waals surface area contributed by atoms with Gasteiger partial charge in [0.15, 0.2) is 5.13 Å². The molecular weight excluding hydrogens is 255 g/mol. The monoisotopic (exact) mass is 264 g/mol. The van der Waals surface area contributed by atoms with E-state index in [4.69, 9.17) is 0 Å². The smallest absolute Gasteiger partial charge is 0.288 e. The summed E-state index contributed by atoms with van der Waals surface area (Å²) in [5.41, 5.74) is 0. The van der Waals surface area contributed by atoms with Crippen molar-refractivity contribution in [2.75, 3.05) is 17.2 Å². The van der Waals surface area contributed by atoms with Crippen molar-refractivity contribution in [3.63, 3.8) is 0 Å². The Bertz CT molecular complexity index is 485. The number of rotatable bonds is 3. The molecule has 0 radical (unpaired) electrons. The second-order valence-corrected chi connectivity index (χ2v) is 5.88. The lowest BCUT2D eigenvalue weighted by Crippen LogP contribution is -2.25. The van der Waals surface area contributed by atoms with Gasteiger partial charge in [0.2, 0.25) is 5.91 Å². The normalized spacial score (nSPS) is 21.7. The van der Waals surface area contributed by atoms with Crippen molar-refractivity contribution in [3.8, 4) is 0 Å². The summed E-state index contributed by atoms with van der Waals surface area (Å²) in [4.78, 5) is 16.9. The predicted octanol–water partition coefficient (Wildman–Crippen LogP) is 0.795. The lowest BCUT2D eigenvalue weighted by Gasteiger charge is -2.11. The van der Waals surface area contributed by atoms with Crippen molar-refractivity contribution < 1.29 is 17.1 Å². The van der Waals surface area contributed by atoms with Crippen LogP contribution in [-0.2, 0) is 15.0 Å². The van der Waals surface area contributed by atoms with Crippen LogP contribution in [0.15, 0.2) is 11.6 Å². The van der Waals surface area contributed by atoms with E-state index in [-0.39, 0.29) is 18.9 Å². The standard InChI is InChI=1S/C8H9FN2O3S2/c9-16(13,14)5-6-3-7(12)11(4-6)8-10-1-2-15-8/h1-2,6H,3-5H2. The summed E-state index contributed by atoms with van der Waals surface area (Å²) in [6, 6.07) is 0. The van der Waals surface area contributed by atoms with Crippen LogP contribution in [-0.4, -0.2) is 31.6 Å². The average Bonchev–Trinajstić information content (AvgIpc) is 2.71. The first-order valence-electron chi connectivity index (χ1n) is 4.58. The number of halogens is 1. The Hall–Kier alpha value is -1.02. The number of nitrogens with zero attached hydrogens (tertiary/aromatic N) is 2. The van der Waals surface area contributed by atoms with Gasteiger partial charge in [-0.25, -0.2) is 4.98 Å². The van der Waals surface area contributed by atoms with Crippen molar-refractivity contribution in [3.05, 3.63) is 11.6 Å². The summed E-state index contributed by atoms with van der Waals surface area (Å²) >= 11 is 1.29. The summed E-state index contributed by atoms with van der Waals surface area (Å²) in [6.07, 6.45) is 1.62. The van der Waals surface area contributed by atoms with E-state index in [2.05, 4.69) is 4.98 Å². The lowest BCUT2D eigenvalue weighted by atomic mass is 10.1. The molecule has 1 fully saturated rings. The first-order valence-corrected chi connectivity index (χ1v) is 7.01. The molecule has 1 aromatic heterocycles. The Morgan fingerprint density at radius 3 is 2.94 bits per heavy atom. The zero-order chi connectivity index (χ0) is 11.8. The molecule has 0 spiro atoms. The van der Waals surface area contributed by atoms with Crippen LogP contribution in [0.4, 0.5) is 9.02 Å². The van der Waals surface area contributed by atoms with Gasteiger partial charge in [0.05, 0.1) is 5.75 Å². The van der Waals surface area contributed by atoms with E-state index in [9.17, 15) is 17.1 Å². The van der Waals surface area contributed by atoms with Crippen molar-refractivity contribution in [2.45, 2.75) is 6.42 Å². The van der Waals surface area contributed by atoms with Crippen LogP contribution in [0, 0.1) is 5.92 Å². The fraction of sp³-hybridized carbons (Fsp3) is 0.500. The third-order valence-electron chi connectivity index (χ3n) is 2.29. The molecule has 88 valence electrons. The quantitative estimate of drug-likeness (QED) is 0.757. The molecule has 1 atom stereocenters. The molecule has 1 unspecified atom stereocenters. The predicted molar refractivity (Wildman–Crippen MR) is 57.5 cm³/mol. The molecule has 1 saturated heterocycles. The van der Waals surface area contributed by atoms with Crippen LogP contribution in [0.25, 0.3) is 0 Å². The van der Waals surface area contributed by atoms with Crippen LogP contribution in [0.3, 0.4) is 0 Å². The lowest BCUT2D eigenvalue weighted by molar-refractivity contribution is -0.117. The maximum Gasteiger partial charge on any atom is 0.302 e. The highest BCUT2D eigenvalue weighted by molar-refractivity contribution is 7.86. The molecule has 2 heterocycles. The van der Waals surface area contributed by atoms with Gasteiger partial charge < -0.3 is 0 Å². The molecule has 8 heteroatoms. The third-order valence-corrected chi connectivity index (χ3v) is 3.95. The molecular formula is C8H9FN2O3S2. The van der Waals surface area contributed by atoms with Crippen molar-refractivity contribution in [1.29, 1.82) is 0 Å². The Morgan fingerprint density at radius 2 is 2.38 bits per heavy atom. The topological polar surface area (TPSA) is 67.3 Å². The molecule has 0 saturated carbocycles. The van der Waals surface area contributed by atoms with Crippen LogP contribution in [0.2, 0.25) is 0 Å². The summed E-state index contributed by atoms with van der Waals surface area (Å²) in [5.74, 6) is -1.28. The van der Waals surface area contributed by atoms with E-state index >= 15 is 0 Å². The molecule has 1 aliphatic rings. The van der Waals surface area contributed by atoms with E-state index in [0.29, 0.717) is 5.13 Å². The molecule has 1 aliphatic heterocycles. The van der Waals surface area contributed by atoms with E-state index in [1.165, 1.54) is 16.2 Å². The van der Waals surface area contributed by atoms with Gasteiger partial charge >= 0.3 is 10.2 Å². The molecule has 5 nitrogen and oxygen atoms in total. The van der Waals surface area contributed by atoms with Crippen molar-refractivity contribution in [1.82, 2.24) is 4.98 Å². The van der Waals surface area contributed by atoms with Crippen molar-refractivity contribution in [2.24, 2.45) is 5.92 Å². The minimum atomic E-state index is -4.52. The van der Waals surface area contributed by atoms with Gasteiger partial charge in [-0.2, -0.15) is 8.42 Å². The van der Waals surface area contributed by atoms with Gasteiger partial charge in [0, 0.05) is 30.5 Å². The average molecular weight is 264 g/mol. The fourth-order valence-electron chi connectivity index (χ4n) is 1.71. The Balaban J connectivity index is 2.08. The zero-order valence-electron chi connectivity index (χ0n) is 8.17. The van der Waals surface area contributed by atoms with Crippen molar-refractivity contribution >= 4 is 32.6 Å². The number of hydrogen-bond acceptors (Lipinski definition) is 5. The van der Waals surface area contributed by atoms with Gasteiger partial charge in [-0.05, 0) is 0 Å². The number of carbonyl (C=O) groups excluding carboxylic acids is 1. The second kappa shape index (κ2) is 4.10. The van der Waals surface area contributed by atoms with Crippen LogP contribution < -0.4 is 4.90 Å². The van der Waals surface area contributed by atoms with E-state index in [1.807, 2.05) is 0 Å². The largest absolute Gasteiger partial charge is 0.302 e. The van der Waals surface area contributed by atoms with Gasteiger partial charge in [-0.3, -0.25) is 9.69 Å². The molecule has 0 aliphatic carbocycles. The fourth-order valence-corrected chi connectivity index (χ4v) is 3.16. The van der Waals surface area contributed by atoms with E-state index in [1.54, 1.807) is 11.6 Å². The molecule has 0 N–H and O–H groups in total. The zero-order valence-corrected chi connectivity index (χ0v) is 9.80. The van der Waals surface area contributed by atoms with Crippen LogP contribution in [0.1, 0.15) is 6.42 Å². The first kappa shape index (κ1) is 11.5. The second-order valence-electron chi connectivity index (χ2n) is 3.59. The molecule has 0 aromatic carbocycles. The molecule has 1 aromatic rings. The SMILES string of the molecule is O=C1CC(CS(=O)(=O)F)CN1c1nccs1. The number of thiazole rings is 1. The Kier molecular flexibility index (Phi) is 2.94. The Labute approximate surface area is 96.1 Å². The molecule has 16 heavy (non-hydrogen) atoms. The number of aromatic nitrogens is 1. The first-order chi connectivity index (χ1) is 7.46. The number of amides is 1. The van der Waals surface area contributed by atoms with Gasteiger partial charge in [0.1, 0.15) is 0 Å². The van der Waals surface area contributed by atoms with E-state index < -0.39 is 21.9 Å². The highest BCUT2D eigenvalue weighted by atomic mass is 32.3. The molecule has 2 rings (SSSR count). The van der Waals surface area contributed by atoms with Crippen LogP contribution in [0.5, 0.6) is 0 Å². The summed E-state index contributed by atoms with van der Waals surface area (Å²) in [6.45, 7) is 0.218. The number of carbonyl (C=O) groups is 1. The Morgan fingerprint density at radius 1 is 1.62 bits per heavy atom.